The van der Waals surface area contributed by atoms with Crippen LogP contribution in [0, 0.1) is 20.8 Å². The fraction of sp³-hybridized carbons (Fsp3) is 0.375. The van der Waals surface area contributed by atoms with Crippen LogP contribution in [0.3, 0.4) is 0 Å². The van der Waals surface area contributed by atoms with Crippen molar-refractivity contribution in [2.45, 2.75) is 33.6 Å². The number of fused-ring (bicyclic) bond motifs is 1. The SMILES string of the molecule is COC(=O)CCc1cc(C)nc2c(C)ccc(C)c12. The van der Waals surface area contributed by atoms with Gasteiger partial charge in [0.1, 0.15) is 0 Å². The molecule has 0 fully saturated rings. The van der Waals surface area contributed by atoms with Crippen LogP contribution >= 0.6 is 0 Å². The van der Waals surface area contributed by atoms with Crippen LogP contribution in [0.4, 0.5) is 0 Å². The van der Waals surface area contributed by atoms with Crippen LogP contribution in [0.2, 0.25) is 0 Å². The monoisotopic (exact) mass is 257 g/mol. The van der Waals surface area contributed by atoms with Gasteiger partial charge in [0.25, 0.3) is 0 Å². The second kappa shape index (κ2) is 5.39. The molecule has 0 aliphatic carbocycles. The largest absolute Gasteiger partial charge is 0.469 e. The number of carbonyl (C=O) groups excluding carboxylic acids is 1. The first-order chi connectivity index (χ1) is 9.02. The zero-order valence-electron chi connectivity index (χ0n) is 11.9. The van der Waals surface area contributed by atoms with Crippen LogP contribution in [-0.2, 0) is 16.0 Å². The van der Waals surface area contributed by atoms with E-state index in [0.717, 1.165) is 11.2 Å². The first-order valence-electron chi connectivity index (χ1n) is 6.46. The molecule has 0 N–H and O–H groups in total. The molecule has 3 heteroatoms. The van der Waals surface area contributed by atoms with Crippen LogP contribution in [-0.4, -0.2) is 18.1 Å². The molecule has 1 aromatic heterocycles. The quantitative estimate of drug-likeness (QED) is 0.792. The number of carbonyl (C=O) groups is 1. The lowest BCUT2D eigenvalue weighted by Gasteiger charge is -2.12. The number of aryl methyl sites for hydroxylation is 4. The summed E-state index contributed by atoms with van der Waals surface area (Å²) >= 11 is 0. The molecule has 0 bridgehead atoms. The van der Waals surface area contributed by atoms with Crippen molar-refractivity contribution in [3.8, 4) is 0 Å². The van der Waals surface area contributed by atoms with Crippen molar-refractivity contribution in [3.05, 3.63) is 40.6 Å². The van der Waals surface area contributed by atoms with Crippen molar-refractivity contribution in [1.82, 2.24) is 4.98 Å². The van der Waals surface area contributed by atoms with Gasteiger partial charge in [-0.1, -0.05) is 12.1 Å². The molecular weight excluding hydrogens is 238 g/mol. The van der Waals surface area contributed by atoms with Crippen LogP contribution in [0.5, 0.6) is 0 Å². The Hall–Kier alpha value is -1.90. The molecule has 0 saturated carbocycles. The lowest BCUT2D eigenvalue weighted by molar-refractivity contribution is -0.140. The van der Waals surface area contributed by atoms with Gasteiger partial charge in [-0.15, -0.1) is 0 Å². The van der Waals surface area contributed by atoms with Gasteiger partial charge in [0.15, 0.2) is 0 Å². The van der Waals surface area contributed by atoms with E-state index in [1.165, 1.54) is 29.2 Å². The van der Waals surface area contributed by atoms with Gasteiger partial charge in [-0.3, -0.25) is 9.78 Å². The standard InChI is InChI=1S/C16H19NO2/c1-10-5-6-11(2)16-15(10)13(9-12(3)17-16)7-8-14(18)19-4/h5-6,9H,7-8H2,1-4H3. The fourth-order valence-electron chi connectivity index (χ4n) is 2.41. The average Bonchev–Trinajstić information content (AvgIpc) is 2.39. The Balaban J connectivity index is 2.53. The zero-order chi connectivity index (χ0) is 14.0. The number of pyridine rings is 1. The van der Waals surface area contributed by atoms with Crippen LogP contribution in [0.1, 0.15) is 28.8 Å². The van der Waals surface area contributed by atoms with E-state index >= 15 is 0 Å². The maximum atomic E-state index is 11.3. The number of hydrogen-bond acceptors (Lipinski definition) is 3. The molecular formula is C16H19NO2. The van der Waals surface area contributed by atoms with Gasteiger partial charge in [-0.25, -0.2) is 0 Å². The molecule has 0 saturated heterocycles. The number of aromatic nitrogens is 1. The number of nitrogens with zero attached hydrogens (tertiary/aromatic N) is 1. The number of hydrogen-bond donors (Lipinski definition) is 0. The molecule has 100 valence electrons. The number of rotatable bonds is 3. The van der Waals surface area contributed by atoms with Crippen LogP contribution in [0.25, 0.3) is 10.9 Å². The maximum absolute atomic E-state index is 11.3. The first-order valence-corrected chi connectivity index (χ1v) is 6.46. The van der Waals surface area contributed by atoms with Gasteiger partial charge in [0.05, 0.1) is 12.6 Å². The van der Waals surface area contributed by atoms with Crippen molar-refractivity contribution >= 4 is 16.9 Å². The highest BCUT2D eigenvalue weighted by Gasteiger charge is 2.10. The Bertz CT molecular complexity index is 632. The van der Waals surface area contributed by atoms with E-state index < -0.39 is 0 Å². The summed E-state index contributed by atoms with van der Waals surface area (Å²) in [7, 11) is 1.42. The predicted molar refractivity (Wildman–Crippen MR) is 76.3 cm³/mol. The molecule has 0 unspecified atom stereocenters. The summed E-state index contributed by atoms with van der Waals surface area (Å²) < 4.78 is 4.71. The summed E-state index contributed by atoms with van der Waals surface area (Å²) in [4.78, 5) is 15.9. The molecule has 0 aliphatic heterocycles. The summed E-state index contributed by atoms with van der Waals surface area (Å²) in [6.45, 7) is 6.14. The molecule has 1 aromatic carbocycles. The van der Waals surface area contributed by atoms with E-state index in [1.807, 2.05) is 6.92 Å². The molecule has 0 radical (unpaired) electrons. The molecule has 0 amide bonds. The number of benzene rings is 1. The molecule has 19 heavy (non-hydrogen) atoms. The Morgan fingerprint density at radius 1 is 1.21 bits per heavy atom. The molecule has 0 atom stereocenters. The fourth-order valence-corrected chi connectivity index (χ4v) is 2.41. The molecule has 2 rings (SSSR count). The van der Waals surface area contributed by atoms with E-state index in [9.17, 15) is 4.79 Å². The van der Waals surface area contributed by atoms with Crippen molar-refractivity contribution in [2.75, 3.05) is 7.11 Å². The van der Waals surface area contributed by atoms with Crippen molar-refractivity contribution in [1.29, 1.82) is 0 Å². The summed E-state index contributed by atoms with van der Waals surface area (Å²) in [5.74, 6) is -0.173. The van der Waals surface area contributed by atoms with E-state index in [-0.39, 0.29) is 5.97 Å². The summed E-state index contributed by atoms with van der Waals surface area (Å²) in [6.07, 6.45) is 1.10. The summed E-state index contributed by atoms with van der Waals surface area (Å²) in [5, 5.41) is 1.18. The smallest absolute Gasteiger partial charge is 0.305 e. The topological polar surface area (TPSA) is 39.2 Å². The molecule has 1 heterocycles. The van der Waals surface area contributed by atoms with Gasteiger partial charge >= 0.3 is 5.97 Å². The molecule has 2 aromatic rings. The highest BCUT2D eigenvalue weighted by atomic mass is 16.5. The Morgan fingerprint density at radius 2 is 1.89 bits per heavy atom. The van der Waals surface area contributed by atoms with Crippen LogP contribution < -0.4 is 0 Å². The maximum Gasteiger partial charge on any atom is 0.305 e. The lowest BCUT2D eigenvalue weighted by Crippen LogP contribution is -2.03. The minimum atomic E-state index is -0.173. The van der Waals surface area contributed by atoms with Gasteiger partial charge < -0.3 is 4.74 Å². The second-order valence-electron chi connectivity index (χ2n) is 4.92. The number of ether oxygens (including phenoxy) is 1. The minimum Gasteiger partial charge on any atom is -0.469 e. The molecule has 3 nitrogen and oxygen atoms in total. The Kier molecular flexibility index (Phi) is 3.84. The zero-order valence-corrected chi connectivity index (χ0v) is 11.9. The Labute approximate surface area is 113 Å². The van der Waals surface area contributed by atoms with Crippen molar-refractivity contribution in [2.24, 2.45) is 0 Å². The van der Waals surface area contributed by atoms with Crippen molar-refractivity contribution in [3.63, 3.8) is 0 Å². The van der Waals surface area contributed by atoms with Crippen LogP contribution in [0.15, 0.2) is 18.2 Å². The van der Waals surface area contributed by atoms with E-state index in [1.54, 1.807) is 0 Å². The van der Waals surface area contributed by atoms with Gasteiger partial charge in [0.2, 0.25) is 0 Å². The normalized spacial score (nSPS) is 10.7. The third kappa shape index (κ3) is 2.75. The highest BCUT2D eigenvalue weighted by molar-refractivity contribution is 5.88. The summed E-state index contributed by atoms with van der Waals surface area (Å²) in [6, 6.07) is 6.27. The van der Waals surface area contributed by atoms with E-state index in [0.29, 0.717) is 12.8 Å². The molecule has 0 aliphatic rings. The number of esters is 1. The van der Waals surface area contributed by atoms with Gasteiger partial charge in [-0.2, -0.15) is 0 Å². The highest BCUT2D eigenvalue weighted by Crippen LogP contribution is 2.26. The third-order valence-electron chi connectivity index (χ3n) is 3.41. The van der Waals surface area contributed by atoms with Gasteiger partial charge in [-0.05, 0) is 49.9 Å². The second-order valence-corrected chi connectivity index (χ2v) is 4.92. The average molecular weight is 257 g/mol. The third-order valence-corrected chi connectivity index (χ3v) is 3.41. The first kappa shape index (κ1) is 13.5. The predicted octanol–water partition coefficient (Wildman–Crippen LogP) is 3.27. The molecule has 0 spiro atoms. The Morgan fingerprint density at radius 3 is 2.58 bits per heavy atom. The van der Waals surface area contributed by atoms with Crippen molar-refractivity contribution < 1.29 is 9.53 Å². The minimum absolute atomic E-state index is 0.173. The van der Waals surface area contributed by atoms with Gasteiger partial charge in [0, 0.05) is 17.5 Å². The van der Waals surface area contributed by atoms with E-state index in [2.05, 4.69) is 37.0 Å². The van der Waals surface area contributed by atoms with E-state index in [4.69, 9.17) is 4.74 Å². The number of methoxy groups -OCH3 is 1. The lowest BCUT2D eigenvalue weighted by atomic mass is 9.97. The summed E-state index contributed by atoms with van der Waals surface area (Å²) in [5.41, 5.74) is 5.58.